The predicted molar refractivity (Wildman–Crippen MR) is 62.4 cm³/mol. The van der Waals surface area contributed by atoms with Crippen molar-refractivity contribution in [2.75, 3.05) is 7.05 Å². The molecule has 0 N–H and O–H groups in total. The molecule has 4 heteroatoms. The maximum Gasteiger partial charge on any atom is 0.410 e. The molecule has 0 atom stereocenters. The number of nitrogens with zero attached hydrogens (tertiary/aromatic N) is 1. The molecule has 1 aromatic carbocycles. The Morgan fingerprint density at radius 1 is 1.41 bits per heavy atom. The number of ether oxygens (including phenoxy) is 1. The fraction of sp³-hybridized carbons (Fsp3) is 0.385. The average Bonchev–Trinajstić information content (AvgIpc) is 3.17. The number of carbonyl (C=O) groups excluding carboxylic acids is 2. The standard InChI is InChI=1S/C13H15NO3/c1-14(13(10-15)7-8-13)12(16)17-9-11-5-3-2-4-6-11/h2-6,10H,7-9H2,1H3. The smallest absolute Gasteiger partial charge is 0.410 e. The molecule has 1 aromatic rings. The van der Waals surface area contributed by atoms with E-state index in [-0.39, 0.29) is 6.61 Å². The summed E-state index contributed by atoms with van der Waals surface area (Å²) >= 11 is 0. The van der Waals surface area contributed by atoms with Crippen LogP contribution in [0.15, 0.2) is 30.3 Å². The molecule has 17 heavy (non-hydrogen) atoms. The first-order chi connectivity index (χ1) is 8.18. The summed E-state index contributed by atoms with van der Waals surface area (Å²) in [6.45, 7) is 0.235. The summed E-state index contributed by atoms with van der Waals surface area (Å²) < 4.78 is 5.15. The van der Waals surface area contributed by atoms with Gasteiger partial charge in [0.1, 0.15) is 18.4 Å². The third-order valence-corrected chi connectivity index (χ3v) is 3.13. The van der Waals surface area contributed by atoms with Crippen LogP contribution >= 0.6 is 0 Å². The normalized spacial score (nSPS) is 16.1. The number of hydrogen-bond acceptors (Lipinski definition) is 3. The average molecular weight is 233 g/mol. The molecule has 90 valence electrons. The maximum atomic E-state index is 11.7. The molecule has 1 saturated carbocycles. The van der Waals surface area contributed by atoms with Crippen LogP contribution in [0.1, 0.15) is 18.4 Å². The number of rotatable bonds is 4. The lowest BCUT2D eigenvalue weighted by atomic mass is 10.2. The van der Waals surface area contributed by atoms with Crippen LogP contribution in [0.3, 0.4) is 0 Å². The van der Waals surface area contributed by atoms with Gasteiger partial charge in [0.05, 0.1) is 0 Å². The van der Waals surface area contributed by atoms with E-state index in [1.165, 1.54) is 4.90 Å². The Morgan fingerprint density at radius 3 is 2.59 bits per heavy atom. The van der Waals surface area contributed by atoms with Gasteiger partial charge in [-0.3, -0.25) is 4.90 Å². The van der Waals surface area contributed by atoms with E-state index in [1.54, 1.807) is 7.05 Å². The van der Waals surface area contributed by atoms with E-state index in [0.29, 0.717) is 0 Å². The first-order valence-corrected chi connectivity index (χ1v) is 5.59. The van der Waals surface area contributed by atoms with Gasteiger partial charge >= 0.3 is 6.09 Å². The molecule has 0 radical (unpaired) electrons. The Morgan fingerprint density at radius 2 is 2.06 bits per heavy atom. The van der Waals surface area contributed by atoms with Gasteiger partial charge < -0.3 is 9.53 Å². The minimum Gasteiger partial charge on any atom is -0.445 e. The zero-order chi connectivity index (χ0) is 12.3. The molecule has 4 nitrogen and oxygen atoms in total. The summed E-state index contributed by atoms with van der Waals surface area (Å²) in [5, 5.41) is 0. The maximum absolute atomic E-state index is 11.7. The van der Waals surface area contributed by atoms with Crippen molar-refractivity contribution < 1.29 is 14.3 Å². The first kappa shape index (κ1) is 11.6. The van der Waals surface area contributed by atoms with Gasteiger partial charge in [-0.05, 0) is 18.4 Å². The van der Waals surface area contributed by atoms with Crippen molar-refractivity contribution in [3.8, 4) is 0 Å². The second kappa shape index (κ2) is 4.57. The zero-order valence-corrected chi connectivity index (χ0v) is 9.76. The van der Waals surface area contributed by atoms with Gasteiger partial charge in [0.2, 0.25) is 0 Å². The van der Waals surface area contributed by atoms with Crippen molar-refractivity contribution in [3.05, 3.63) is 35.9 Å². The van der Waals surface area contributed by atoms with Crippen molar-refractivity contribution in [1.82, 2.24) is 4.90 Å². The highest BCUT2D eigenvalue weighted by atomic mass is 16.6. The van der Waals surface area contributed by atoms with E-state index in [4.69, 9.17) is 4.74 Å². The van der Waals surface area contributed by atoms with Crippen LogP contribution in [0.2, 0.25) is 0 Å². The lowest BCUT2D eigenvalue weighted by Gasteiger charge is -2.22. The summed E-state index contributed by atoms with van der Waals surface area (Å²) in [7, 11) is 1.61. The molecule has 1 aliphatic carbocycles. The number of benzene rings is 1. The van der Waals surface area contributed by atoms with Gasteiger partial charge in [-0.15, -0.1) is 0 Å². The van der Waals surface area contributed by atoms with Crippen LogP contribution in [0.4, 0.5) is 4.79 Å². The van der Waals surface area contributed by atoms with Gasteiger partial charge in [0, 0.05) is 7.05 Å². The highest BCUT2D eigenvalue weighted by Gasteiger charge is 2.49. The molecule has 0 spiro atoms. The molecule has 0 saturated heterocycles. The zero-order valence-electron chi connectivity index (χ0n) is 9.76. The van der Waals surface area contributed by atoms with Gasteiger partial charge in [-0.25, -0.2) is 4.79 Å². The fourth-order valence-corrected chi connectivity index (χ4v) is 1.66. The SMILES string of the molecule is CN(C(=O)OCc1ccccc1)C1(C=O)CC1. The van der Waals surface area contributed by atoms with Crippen LogP contribution in [0, 0.1) is 0 Å². The second-order valence-electron chi connectivity index (χ2n) is 4.32. The van der Waals surface area contributed by atoms with Crippen LogP contribution in [-0.2, 0) is 16.1 Å². The van der Waals surface area contributed by atoms with Crippen molar-refractivity contribution in [1.29, 1.82) is 0 Å². The van der Waals surface area contributed by atoms with Crippen LogP contribution < -0.4 is 0 Å². The van der Waals surface area contributed by atoms with E-state index in [9.17, 15) is 9.59 Å². The summed E-state index contributed by atoms with van der Waals surface area (Å²) in [6.07, 6.45) is 1.84. The number of aldehydes is 1. The quantitative estimate of drug-likeness (QED) is 0.747. The van der Waals surface area contributed by atoms with E-state index in [2.05, 4.69) is 0 Å². The monoisotopic (exact) mass is 233 g/mol. The van der Waals surface area contributed by atoms with E-state index in [0.717, 1.165) is 24.7 Å². The van der Waals surface area contributed by atoms with Crippen molar-refractivity contribution in [2.45, 2.75) is 25.0 Å². The highest BCUT2D eigenvalue weighted by molar-refractivity contribution is 5.79. The van der Waals surface area contributed by atoms with Crippen molar-refractivity contribution in [2.24, 2.45) is 0 Å². The minimum absolute atomic E-state index is 0.235. The van der Waals surface area contributed by atoms with E-state index >= 15 is 0 Å². The van der Waals surface area contributed by atoms with Gasteiger partial charge in [-0.2, -0.15) is 0 Å². The molecule has 0 bridgehead atoms. The highest BCUT2D eigenvalue weighted by Crippen LogP contribution is 2.39. The Bertz CT molecular complexity index is 412. The Hall–Kier alpha value is -1.84. The number of amides is 1. The minimum atomic E-state index is -0.603. The third kappa shape index (κ3) is 2.46. The summed E-state index contributed by atoms with van der Waals surface area (Å²) in [5.41, 5.74) is 0.332. The molecular weight excluding hydrogens is 218 g/mol. The van der Waals surface area contributed by atoms with Crippen molar-refractivity contribution >= 4 is 12.4 Å². The lowest BCUT2D eigenvalue weighted by molar-refractivity contribution is -0.112. The van der Waals surface area contributed by atoms with Crippen LogP contribution in [-0.4, -0.2) is 29.9 Å². The Labute approximate surface area is 100 Å². The Balaban J connectivity index is 1.88. The van der Waals surface area contributed by atoms with E-state index < -0.39 is 11.6 Å². The van der Waals surface area contributed by atoms with E-state index in [1.807, 2.05) is 30.3 Å². The molecule has 1 amide bonds. The summed E-state index contributed by atoms with van der Waals surface area (Å²) in [4.78, 5) is 24.0. The number of hydrogen-bond donors (Lipinski definition) is 0. The largest absolute Gasteiger partial charge is 0.445 e. The molecule has 0 unspecified atom stereocenters. The molecule has 1 aliphatic rings. The second-order valence-corrected chi connectivity index (χ2v) is 4.32. The molecular formula is C13H15NO3. The first-order valence-electron chi connectivity index (χ1n) is 5.59. The third-order valence-electron chi connectivity index (χ3n) is 3.13. The number of carbonyl (C=O) groups is 2. The van der Waals surface area contributed by atoms with Gasteiger partial charge in [0.25, 0.3) is 0 Å². The lowest BCUT2D eigenvalue weighted by Crippen LogP contribution is -2.40. The molecule has 2 rings (SSSR count). The van der Waals surface area contributed by atoms with Crippen molar-refractivity contribution in [3.63, 3.8) is 0 Å². The van der Waals surface area contributed by atoms with Crippen LogP contribution in [0.25, 0.3) is 0 Å². The van der Waals surface area contributed by atoms with Gasteiger partial charge in [-0.1, -0.05) is 30.3 Å². The summed E-state index contributed by atoms with van der Waals surface area (Å²) in [5.74, 6) is 0. The number of likely N-dealkylation sites (N-methyl/N-ethyl adjacent to an activating group) is 1. The molecule has 1 fully saturated rings. The molecule has 0 aliphatic heterocycles. The predicted octanol–water partition coefficient (Wildman–Crippen LogP) is 1.99. The van der Waals surface area contributed by atoms with Crippen LogP contribution in [0.5, 0.6) is 0 Å². The topological polar surface area (TPSA) is 46.6 Å². The summed E-state index contributed by atoms with van der Waals surface area (Å²) in [6, 6.07) is 9.46. The fourth-order valence-electron chi connectivity index (χ4n) is 1.66. The van der Waals surface area contributed by atoms with Gasteiger partial charge in [0.15, 0.2) is 0 Å². The Kier molecular flexibility index (Phi) is 3.13. The molecule has 0 heterocycles. The molecule has 0 aromatic heterocycles.